The van der Waals surface area contributed by atoms with Crippen molar-refractivity contribution in [3.63, 3.8) is 0 Å². The summed E-state index contributed by atoms with van der Waals surface area (Å²) in [6, 6.07) is 1.65. The minimum atomic E-state index is -1.83. The molecule has 8 unspecified atom stereocenters. The first-order valence-electron chi connectivity index (χ1n) is 22.7. The summed E-state index contributed by atoms with van der Waals surface area (Å²) in [4.78, 5) is 106. The van der Waals surface area contributed by atoms with E-state index in [-0.39, 0.29) is 57.6 Å². The van der Waals surface area contributed by atoms with Crippen LogP contribution in [0.15, 0.2) is 30.3 Å². The van der Waals surface area contributed by atoms with Crippen molar-refractivity contribution < 1.29 is 82.8 Å². The Hall–Kier alpha value is -6.07. The van der Waals surface area contributed by atoms with Crippen molar-refractivity contribution in [3.05, 3.63) is 35.9 Å². The summed E-state index contributed by atoms with van der Waals surface area (Å²) >= 11 is 0. The molecule has 1 aromatic carbocycles. The molecule has 0 bridgehead atoms. The van der Waals surface area contributed by atoms with Gasteiger partial charge >= 0.3 is 5.97 Å². The van der Waals surface area contributed by atoms with Crippen LogP contribution in [0.1, 0.15) is 57.9 Å². The molecule has 0 aliphatic carbocycles. The number of carboxylic acids is 1. The molecule has 0 saturated carbocycles. The van der Waals surface area contributed by atoms with E-state index in [9.17, 15) is 63.9 Å². The largest absolute Gasteiger partial charge is 0.481 e. The van der Waals surface area contributed by atoms with Gasteiger partial charge < -0.3 is 92.7 Å². The number of unbranched alkanes of at least 4 members (excludes halogenated alkanes) is 1. The van der Waals surface area contributed by atoms with Crippen LogP contribution in [-0.2, 0) is 63.7 Å². The fraction of sp³-hybridized carbons (Fsp3) is 0.651. The van der Waals surface area contributed by atoms with E-state index in [2.05, 4.69) is 42.5 Å². The quantitative estimate of drug-likeness (QED) is 0.0348. The first-order chi connectivity index (χ1) is 33.2. The number of ether oxygens (including phenoxy) is 4. The molecule has 3 saturated heterocycles. The molecule has 7 amide bonds. The van der Waals surface area contributed by atoms with E-state index in [4.69, 9.17) is 30.1 Å². The van der Waals surface area contributed by atoms with Crippen molar-refractivity contribution in [2.75, 3.05) is 33.4 Å². The van der Waals surface area contributed by atoms with Crippen molar-refractivity contribution in [2.24, 2.45) is 5.73 Å². The van der Waals surface area contributed by atoms with Crippen molar-refractivity contribution in [1.29, 1.82) is 5.41 Å². The first-order valence-corrected chi connectivity index (χ1v) is 22.7. The van der Waals surface area contributed by atoms with Gasteiger partial charge in [0.2, 0.25) is 35.4 Å². The summed E-state index contributed by atoms with van der Waals surface area (Å²) in [5, 5.41) is 80.0. The molecule has 70 heavy (non-hydrogen) atoms. The van der Waals surface area contributed by atoms with Gasteiger partial charge in [0.15, 0.2) is 18.4 Å². The topological polar surface area (TPSA) is 421 Å². The Morgan fingerprint density at radius 2 is 1.41 bits per heavy atom. The maximum absolute atomic E-state index is 14.2. The summed E-state index contributed by atoms with van der Waals surface area (Å²) < 4.78 is 22.7. The van der Waals surface area contributed by atoms with Crippen molar-refractivity contribution in [2.45, 2.75) is 144 Å². The molecule has 3 aliphatic rings. The first kappa shape index (κ1) is 56.5. The Morgan fingerprint density at radius 3 is 2.04 bits per heavy atom. The lowest BCUT2D eigenvalue weighted by Crippen LogP contribution is -2.68. The van der Waals surface area contributed by atoms with Crippen LogP contribution in [0.3, 0.4) is 0 Å². The van der Waals surface area contributed by atoms with E-state index in [1.807, 2.05) is 0 Å². The highest BCUT2D eigenvalue weighted by molar-refractivity contribution is 5.98. The van der Waals surface area contributed by atoms with Crippen molar-refractivity contribution in [3.8, 4) is 0 Å². The number of nitrogens with one attached hydrogen (secondary N) is 9. The third-order valence-corrected chi connectivity index (χ3v) is 11.7. The molecule has 0 aromatic heterocycles. The van der Waals surface area contributed by atoms with Gasteiger partial charge in [0.1, 0.15) is 60.8 Å². The van der Waals surface area contributed by atoms with Gasteiger partial charge in [0.25, 0.3) is 5.91 Å². The minimum Gasteiger partial charge on any atom is -0.481 e. The number of hydrogen-bond donors (Lipinski definition) is 15. The van der Waals surface area contributed by atoms with E-state index in [1.54, 1.807) is 37.3 Å². The summed E-state index contributed by atoms with van der Waals surface area (Å²) in [6.45, 7) is 1.46. The number of carbonyl (C=O) groups excluding carboxylic acids is 7. The van der Waals surface area contributed by atoms with Gasteiger partial charge in [-0.05, 0) is 44.6 Å². The third kappa shape index (κ3) is 16.5. The zero-order valence-corrected chi connectivity index (χ0v) is 39.0. The smallest absolute Gasteiger partial charge is 0.305 e. The van der Waals surface area contributed by atoms with Gasteiger partial charge in [-0.25, -0.2) is 0 Å². The van der Waals surface area contributed by atoms with Gasteiger partial charge in [-0.2, -0.15) is 0 Å². The van der Waals surface area contributed by atoms with Crippen LogP contribution in [0.5, 0.6) is 0 Å². The van der Waals surface area contributed by atoms with E-state index in [1.165, 1.54) is 14.0 Å². The normalized spacial score (nSPS) is 31.2. The number of aliphatic carboxylic acids is 1. The molecular weight excluding hydrogens is 929 g/mol. The molecule has 390 valence electrons. The van der Waals surface area contributed by atoms with Crippen LogP contribution in [-0.4, -0.2) is 197 Å². The van der Waals surface area contributed by atoms with E-state index in [0.29, 0.717) is 5.56 Å². The zero-order valence-electron chi connectivity index (χ0n) is 39.0. The van der Waals surface area contributed by atoms with Crippen LogP contribution in [0.2, 0.25) is 0 Å². The summed E-state index contributed by atoms with van der Waals surface area (Å²) in [6.07, 6.45) is -14.0. The van der Waals surface area contributed by atoms with E-state index in [0.717, 1.165) is 0 Å². The van der Waals surface area contributed by atoms with Crippen LogP contribution >= 0.6 is 0 Å². The molecule has 1 aromatic rings. The molecule has 0 radical (unpaired) electrons. The highest BCUT2D eigenvalue weighted by Crippen LogP contribution is 2.30. The molecular formula is C43H66N10O17. The van der Waals surface area contributed by atoms with Crippen molar-refractivity contribution in [1.82, 2.24) is 42.5 Å². The number of nitrogens with two attached hydrogens (primary N) is 1. The number of aliphatic hydroxyl groups excluding tert-OH is 4. The van der Waals surface area contributed by atoms with Gasteiger partial charge in [0, 0.05) is 33.5 Å². The van der Waals surface area contributed by atoms with Crippen LogP contribution in [0.4, 0.5) is 0 Å². The van der Waals surface area contributed by atoms with Gasteiger partial charge in [-0.3, -0.25) is 43.8 Å². The third-order valence-electron chi connectivity index (χ3n) is 11.7. The Kier molecular flexibility index (Phi) is 22.1. The fourth-order valence-electron chi connectivity index (χ4n) is 8.11. The zero-order chi connectivity index (χ0) is 51.7. The number of hydrogen-bond acceptors (Lipinski definition) is 17. The number of amides is 7. The number of methoxy groups -OCH3 is 1. The SMILES string of the molecule is CO[C@@H]1C(C(=O)NCCCCC2NC(=O)C(CCCNC(=N)N)NC(=O)CNC(=O)C(CC(=O)O)NC(=O)C(Cc3ccccc3)NC2=O)O[C@@H](O[C@@H]2C(NC(C)=O)[C@H](C)OC(CO)[C@H]2O)C(O)[C@H]1O. The highest BCUT2D eigenvalue weighted by Gasteiger charge is 2.52. The van der Waals surface area contributed by atoms with Gasteiger partial charge in [-0.1, -0.05) is 30.3 Å². The summed E-state index contributed by atoms with van der Waals surface area (Å²) in [5.74, 6) is -7.65. The standard InChI is InChI=1S/C43H66N10O17/c1-20-30(49-21(2)55)34(31(59)27(19-54)68-20)69-42-33(61)32(60)35(67-3)36(70-42)41(66)46-14-8-7-12-24-39(64)52-25(16-22-10-5-4-6-11-22)40(65)53-26(17-29(57)58)37(62)48-18-28(56)50-23(38(63)51-24)13-9-15-47-43(44)45/h4-6,10-11,20,23-27,30-36,42,54,59-61H,7-9,12-19H2,1-3H3,(H,46,66)(H,48,62)(H,49,55)(H,50,56)(H,51,63)(H,52,64)(H,53,65)(H,57,58)(H4,44,45,47)/t20-,23?,24?,25?,26?,27?,30?,31+,32+,33?,34+,35-,36?,42+/m0/s1. The van der Waals surface area contributed by atoms with Crippen LogP contribution in [0.25, 0.3) is 0 Å². The van der Waals surface area contributed by atoms with Crippen LogP contribution < -0.4 is 48.3 Å². The molecule has 14 atom stereocenters. The average Bonchev–Trinajstić information content (AvgIpc) is 3.31. The second-order valence-electron chi connectivity index (χ2n) is 17.1. The minimum absolute atomic E-state index is 0.0400. The Bertz CT molecular complexity index is 1990. The number of benzene rings is 1. The lowest BCUT2D eigenvalue weighted by atomic mass is 9.92. The lowest BCUT2D eigenvalue weighted by Gasteiger charge is -2.47. The Morgan fingerprint density at radius 1 is 0.800 bits per heavy atom. The summed E-state index contributed by atoms with van der Waals surface area (Å²) in [7, 11) is 1.17. The van der Waals surface area contributed by atoms with Gasteiger partial charge in [-0.15, -0.1) is 0 Å². The van der Waals surface area contributed by atoms with Gasteiger partial charge in [0.05, 0.1) is 31.7 Å². The van der Waals surface area contributed by atoms with Crippen LogP contribution in [0, 0.1) is 5.41 Å². The maximum atomic E-state index is 14.2. The van der Waals surface area contributed by atoms with E-state index >= 15 is 0 Å². The van der Waals surface area contributed by atoms with Crippen molar-refractivity contribution >= 4 is 53.3 Å². The fourth-order valence-corrected chi connectivity index (χ4v) is 8.11. The molecule has 27 nitrogen and oxygen atoms in total. The predicted molar refractivity (Wildman–Crippen MR) is 241 cm³/mol. The molecule has 0 spiro atoms. The number of carboxylic acid groups (broad SMARTS) is 1. The molecule has 27 heteroatoms. The lowest BCUT2D eigenvalue weighted by molar-refractivity contribution is -0.325. The highest BCUT2D eigenvalue weighted by atomic mass is 16.7. The number of aliphatic hydroxyl groups is 4. The summed E-state index contributed by atoms with van der Waals surface area (Å²) in [5.41, 5.74) is 5.95. The average molecular weight is 995 g/mol. The monoisotopic (exact) mass is 994 g/mol. The Balaban J connectivity index is 1.53. The second-order valence-corrected chi connectivity index (χ2v) is 17.1. The molecule has 16 N–H and O–H groups in total. The van der Waals surface area contributed by atoms with E-state index < -0.39 is 152 Å². The molecule has 3 aliphatic heterocycles. The second kappa shape index (κ2) is 27.4. The Labute approximate surface area is 402 Å². The number of rotatable bonds is 19. The maximum Gasteiger partial charge on any atom is 0.305 e. The number of carbonyl (C=O) groups is 8. The number of guanidine groups is 1. The molecule has 4 rings (SSSR count). The predicted octanol–water partition coefficient (Wildman–Crippen LogP) is -6.19. The molecule has 3 heterocycles. The molecule has 3 fully saturated rings.